The Morgan fingerprint density at radius 3 is 2.81 bits per heavy atom. The smallest absolute Gasteiger partial charge is 0.186 e. The van der Waals surface area contributed by atoms with E-state index in [-0.39, 0.29) is 0 Å². The van der Waals surface area contributed by atoms with Crippen molar-refractivity contribution in [3.8, 4) is 0 Å². The van der Waals surface area contributed by atoms with Gasteiger partial charge in [-0.1, -0.05) is 34.1 Å². The van der Waals surface area contributed by atoms with Crippen LogP contribution in [0.2, 0.25) is 0 Å². The van der Waals surface area contributed by atoms with Crippen molar-refractivity contribution in [2.75, 3.05) is 11.4 Å². The Labute approximate surface area is 134 Å². The first kappa shape index (κ1) is 16.8. The standard InChI is InChI=1S/C17H31N3S/c1-6-8-15-16(11-18-12(2)3)21-17(19-15)20-10-7-9-13(4)14(20)5/h12-14,18H,6-11H2,1-5H3. The third-order valence-electron chi connectivity index (χ3n) is 4.54. The summed E-state index contributed by atoms with van der Waals surface area (Å²) in [5.41, 5.74) is 1.32. The van der Waals surface area contributed by atoms with Crippen LogP contribution in [0.4, 0.5) is 5.13 Å². The number of nitrogens with one attached hydrogen (secondary N) is 1. The molecule has 0 aliphatic carbocycles. The van der Waals surface area contributed by atoms with E-state index in [1.165, 1.54) is 41.5 Å². The summed E-state index contributed by atoms with van der Waals surface area (Å²) in [4.78, 5) is 8.97. The Kier molecular flexibility index (Phi) is 6.06. The molecule has 120 valence electrons. The molecule has 1 aromatic rings. The number of hydrogen-bond acceptors (Lipinski definition) is 4. The highest BCUT2D eigenvalue weighted by Gasteiger charge is 2.27. The first-order chi connectivity index (χ1) is 10.0. The molecule has 1 aliphatic rings. The fraction of sp³-hybridized carbons (Fsp3) is 0.824. The van der Waals surface area contributed by atoms with Gasteiger partial charge in [0.25, 0.3) is 0 Å². The summed E-state index contributed by atoms with van der Waals surface area (Å²) in [5.74, 6) is 0.773. The zero-order valence-electron chi connectivity index (χ0n) is 14.3. The summed E-state index contributed by atoms with van der Waals surface area (Å²) < 4.78 is 0. The van der Waals surface area contributed by atoms with E-state index in [2.05, 4.69) is 44.8 Å². The van der Waals surface area contributed by atoms with Crippen LogP contribution in [-0.4, -0.2) is 23.6 Å². The van der Waals surface area contributed by atoms with E-state index in [0.29, 0.717) is 12.1 Å². The van der Waals surface area contributed by atoms with Crippen molar-refractivity contribution in [3.05, 3.63) is 10.6 Å². The van der Waals surface area contributed by atoms with E-state index in [1.807, 2.05) is 11.3 Å². The zero-order valence-corrected chi connectivity index (χ0v) is 15.1. The highest BCUT2D eigenvalue weighted by Crippen LogP contribution is 2.33. The predicted molar refractivity (Wildman–Crippen MR) is 93.3 cm³/mol. The maximum absolute atomic E-state index is 4.99. The molecule has 0 saturated carbocycles. The number of thiazole rings is 1. The predicted octanol–water partition coefficient (Wildman–Crippen LogP) is 4.22. The molecule has 3 nitrogen and oxygen atoms in total. The van der Waals surface area contributed by atoms with Gasteiger partial charge >= 0.3 is 0 Å². The number of nitrogens with zero attached hydrogens (tertiary/aromatic N) is 2. The third kappa shape index (κ3) is 4.19. The van der Waals surface area contributed by atoms with Gasteiger partial charge in [-0.3, -0.25) is 0 Å². The first-order valence-electron chi connectivity index (χ1n) is 8.51. The molecule has 0 amide bonds. The number of hydrogen-bond donors (Lipinski definition) is 1. The topological polar surface area (TPSA) is 28.2 Å². The number of rotatable bonds is 6. The lowest BCUT2D eigenvalue weighted by atomic mass is 9.93. The third-order valence-corrected chi connectivity index (χ3v) is 5.68. The van der Waals surface area contributed by atoms with Crippen molar-refractivity contribution in [2.24, 2.45) is 5.92 Å². The van der Waals surface area contributed by atoms with E-state index >= 15 is 0 Å². The summed E-state index contributed by atoms with van der Waals surface area (Å²) in [7, 11) is 0. The molecule has 1 N–H and O–H groups in total. The lowest BCUT2D eigenvalue weighted by molar-refractivity contribution is 0.363. The maximum atomic E-state index is 4.99. The highest BCUT2D eigenvalue weighted by atomic mass is 32.1. The maximum Gasteiger partial charge on any atom is 0.186 e. The van der Waals surface area contributed by atoms with Crippen LogP contribution in [0.3, 0.4) is 0 Å². The summed E-state index contributed by atoms with van der Waals surface area (Å²) in [6, 6.07) is 1.14. The van der Waals surface area contributed by atoms with Crippen LogP contribution in [0.5, 0.6) is 0 Å². The largest absolute Gasteiger partial charge is 0.345 e. The van der Waals surface area contributed by atoms with Gasteiger partial charge in [-0.05, 0) is 32.1 Å². The second-order valence-corrected chi connectivity index (χ2v) is 7.77. The average molecular weight is 310 g/mol. The van der Waals surface area contributed by atoms with Crippen LogP contribution in [0, 0.1) is 5.92 Å². The molecule has 0 radical (unpaired) electrons. The van der Waals surface area contributed by atoms with Crippen LogP contribution in [0.1, 0.15) is 64.5 Å². The molecule has 0 bridgehead atoms. The van der Waals surface area contributed by atoms with Crippen LogP contribution in [-0.2, 0) is 13.0 Å². The van der Waals surface area contributed by atoms with Gasteiger partial charge in [0.2, 0.25) is 0 Å². The van der Waals surface area contributed by atoms with Gasteiger partial charge < -0.3 is 10.2 Å². The molecule has 4 heteroatoms. The molecule has 2 heterocycles. The van der Waals surface area contributed by atoms with E-state index in [1.54, 1.807) is 0 Å². The fourth-order valence-corrected chi connectivity index (χ4v) is 4.14. The van der Waals surface area contributed by atoms with Gasteiger partial charge in [0.05, 0.1) is 5.69 Å². The van der Waals surface area contributed by atoms with Crippen LogP contribution < -0.4 is 10.2 Å². The summed E-state index contributed by atoms with van der Waals surface area (Å²) in [5, 5.41) is 4.80. The van der Waals surface area contributed by atoms with Crippen LogP contribution in [0.15, 0.2) is 0 Å². The molecular formula is C17H31N3S. The average Bonchev–Trinajstić information content (AvgIpc) is 2.83. The minimum absolute atomic E-state index is 0.527. The van der Waals surface area contributed by atoms with Gasteiger partial charge in [-0.25, -0.2) is 4.98 Å². The number of aryl methyl sites for hydroxylation is 1. The Morgan fingerprint density at radius 2 is 2.14 bits per heavy atom. The van der Waals surface area contributed by atoms with Crippen LogP contribution >= 0.6 is 11.3 Å². The molecule has 0 spiro atoms. The first-order valence-corrected chi connectivity index (χ1v) is 9.33. The number of aromatic nitrogens is 1. The second kappa shape index (κ2) is 7.59. The Bertz CT molecular complexity index is 441. The van der Waals surface area contributed by atoms with Crippen molar-refractivity contribution in [3.63, 3.8) is 0 Å². The minimum atomic E-state index is 0.527. The molecule has 2 rings (SSSR count). The van der Waals surface area contributed by atoms with Crippen molar-refractivity contribution < 1.29 is 0 Å². The lowest BCUT2D eigenvalue weighted by Crippen LogP contribution is -2.42. The van der Waals surface area contributed by atoms with E-state index in [0.717, 1.165) is 18.9 Å². The molecular weight excluding hydrogens is 278 g/mol. The summed E-state index contributed by atoms with van der Waals surface area (Å²) in [6.45, 7) is 13.5. The molecule has 1 saturated heterocycles. The Hall–Kier alpha value is -0.610. The van der Waals surface area contributed by atoms with Crippen molar-refractivity contribution in [2.45, 2.75) is 78.9 Å². The Morgan fingerprint density at radius 1 is 1.38 bits per heavy atom. The number of anilines is 1. The molecule has 2 atom stereocenters. The normalized spacial score (nSPS) is 23.0. The van der Waals surface area contributed by atoms with Crippen molar-refractivity contribution in [1.82, 2.24) is 10.3 Å². The van der Waals surface area contributed by atoms with Gasteiger partial charge in [0, 0.05) is 30.1 Å². The second-order valence-electron chi connectivity index (χ2n) is 6.71. The van der Waals surface area contributed by atoms with Crippen LogP contribution in [0.25, 0.3) is 0 Å². The van der Waals surface area contributed by atoms with Crippen molar-refractivity contribution in [1.29, 1.82) is 0 Å². The van der Waals surface area contributed by atoms with Crippen molar-refractivity contribution >= 4 is 16.5 Å². The van der Waals surface area contributed by atoms with E-state index < -0.39 is 0 Å². The minimum Gasteiger partial charge on any atom is -0.345 e. The molecule has 1 aliphatic heterocycles. The van der Waals surface area contributed by atoms with Gasteiger partial charge in [0.1, 0.15) is 0 Å². The van der Waals surface area contributed by atoms with Gasteiger partial charge in [0.15, 0.2) is 5.13 Å². The van der Waals surface area contributed by atoms with E-state index in [9.17, 15) is 0 Å². The lowest BCUT2D eigenvalue weighted by Gasteiger charge is -2.37. The molecule has 21 heavy (non-hydrogen) atoms. The molecule has 0 aromatic carbocycles. The van der Waals surface area contributed by atoms with E-state index in [4.69, 9.17) is 4.98 Å². The highest BCUT2D eigenvalue weighted by molar-refractivity contribution is 7.15. The monoisotopic (exact) mass is 309 g/mol. The zero-order chi connectivity index (χ0) is 15.4. The molecule has 1 fully saturated rings. The molecule has 2 unspecified atom stereocenters. The number of piperidine rings is 1. The Balaban J connectivity index is 2.17. The summed E-state index contributed by atoms with van der Waals surface area (Å²) in [6.07, 6.45) is 4.92. The molecule has 1 aromatic heterocycles. The fourth-order valence-electron chi connectivity index (χ4n) is 2.97. The van der Waals surface area contributed by atoms with Gasteiger partial charge in [-0.2, -0.15) is 0 Å². The summed E-state index contributed by atoms with van der Waals surface area (Å²) >= 11 is 1.91. The SMILES string of the molecule is CCCc1nc(N2CCCC(C)C2C)sc1CNC(C)C. The quantitative estimate of drug-likeness (QED) is 0.853. The van der Waals surface area contributed by atoms with Gasteiger partial charge in [-0.15, -0.1) is 11.3 Å².